The molecule has 2 aromatic rings. The number of hydrogen-bond acceptors (Lipinski definition) is 0. The fourth-order valence-electron chi connectivity index (χ4n) is 4.24. The molecule has 0 heterocycles. The van der Waals surface area contributed by atoms with Gasteiger partial charge in [0.05, 0.1) is 0 Å². The van der Waals surface area contributed by atoms with Gasteiger partial charge in [0.15, 0.2) is 0 Å². The topological polar surface area (TPSA) is 0 Å². The molecule has 1 aliphatic rings. The minimum Gasteiger partial charge on any atom is -0.0691 e. The molecule has 1 aliphatic carbocycles. The van der Waals surface area contributed by atoms with Crippen LogP contribution in [0.25, 0.3) is 0 Å². The van der Waals surface area contributed by atoms with Gasteiger partial charge in [-0.3, -0.25) is 0 Å². The van der Waals surface area contributed by atoms with Crippen LogP contribution in [0.4, 0.5) is 0 Å². The first-order valence-corrected chi connectivity index (χ1v) is 8.99. The van der Waals surface area contributed by atoms with Crippen LogP contribution in [0.1, 0.15) is 57.1 Å². The van der Waals surface area contributed by atoms with E-state index in [-0.39, 0.29) is 5.41 Å². The van der Waals surface area contributed by atoms with Crippen molar-refractivity contribution >= 4 is 0 Å². The smallest absolute Gasteiger partial charge is 0.0161 e. The van der Waals surface area contributed by atoms with Crippen LogP contribution < -0.4 is 0 Å². The second-order valence-corrected chi connectivity index (χ2v) is 7.08. The normalized spacial score (nSPS) is 18.3. The van der Waals surface area contributed by atoms with Gasteiger partial charge in [-0.15, -0.1) is 0 Å². The average Bonchev–Trinajstić information content (AvgIpc) is 2.63. The van der Waals surface area contributed by atoms with E-state index in [1.54, 1.807) is 11.1 Å². The number of benzene rings is 2. The second-order valence-electron chi connectivity index (χ2n) is 7.08. The summed E-state index contributed by atoms with van der Waals surface area (Å²) in [6, 6.07) is 22.1. The Hall–Kier alpha value is -1.82. The van der Waals surface area contributed by atoms with Gasteiger partial charge in [0.25, 0.3) is 0 Å². The molecule has 2 aromatic carbocycles. The summed E-state index contributed by atoms with van der Waals surface area (Å²) >= 11 is 0. The van der Waals surface area contributed by atoms with Crippen molar-refractivity contribution in [1.29, 1.82) is 0 Å². The third-order valence-electron chi connectivity index (χ3n) is 5.70. The number of allylic oxidation sites excluding steroid dienone is 2. The molecule has 0 nitrogen and oxygen atoms in total. The highest BCUT2D eigenvalue weighted by molar-refractivity contribution is 5.39. The fraction of sp³-hybridized carbons (Fsp3) is 0.391. The van der Waals surface area contributed by atoms with E-state index >= 15 is 0 Å². The van der Waals surface area contributed by atoms with E-state index in [2.05, 4.69) is 74.5 Å². The summed E-state index contributed by atoms with van der Waals surface area (Å²) in [5, 5.41) is 0. The van der Waals surface area contributed by atoms with Crippen LogP contribution in [0.5, 0.6) is 0 Å². The van der Waals surface area contributed by atoms with Crippen molar-refractivity contribution in [1.82, 2.24) is 0 Å². The van der Waals surface area contributed by atoms with Crippen molar-refractivity contribution in [2.24, 2.45) is 0 Å². The molecule has 120 valence electrons. The monoisotopic (exact) mass is 304 g/mol. The van der Waals surface area contributed by atoms with Crippen LogP contribution in [0.2, 0.25) is 0 Å². The molecule has 0 spiro atoms. The van der Waals surface area contributed by atoms with Crippen molar-refractivity contribution < 1.29 is 0 Å². The van der Waals surface area contributed by atoms with Crippen molar-refractivity contribution in [3.05, 3.63) is 82.9 Å². The fourth-order valence-corrected chi connectivity index (χ4v) is 4.24. The van der Waals surface area contributed by atoms with Gasteiger partial charge in [-0.2, -0.15) is 0 Å². The van der Waals surface area contributed by atoms with Gasteiger partial charge in [-0.25, -0.2) is 0 Å². The van der Waals surface area contributed by atoms with Crippen LogP contribution in [0.3, 0.4) is 0 Å². The minimum absolute atomic E-state index is 0.262. The van der Waals surface area contributed by atoms with E-state index in [1.807, 2.05) is 0 Å². The van der Waals surface area contributed by atoms with E-state index < -0.39 is 0 Å². The van der Waals surface area contributed by atoms with Crippen molar-refractivity contribution in [2.75, 3.05) is 0 Å². The zero-order chi connectivity index (χ0) is 16.1. The maximum Gasteiger partial charge on any atom is 0.0161 e. The maximum absolute atomic E-state index is 2.39. The van der Waals surface area contributed by atoms with E-state index in [0.717, 1.165) is 6.42 Å². The molecule has 0 aromatic heterocycles. The lowest BCUT2D eigenvalue weighted by molar-refractivity contribution is 0.337. The molecular formula is C23H28. The largest absolute Gasteiger partial charge is 0.0691 e. The Morgan fingerprint density at radius 3 is 1.96 bits per heavy atom. The zero-order valence-corrected chi connectivity index (χ0v) is 14.5. The second kappa shape index (κ2) is 7.17. The summed E-state index contributed by atoms with van der Waals surface area (Å²) in [6.07, 6.45) is 7.76. The first-order valence-electron chi connectivity index (χ1n) is 8.99. The van der Waals surface area contributed by atoms with Crippen LogP contribution >= 0.6 is 0 Å². The van der Waals surface area contributed by atoms with Crippen LogP contribution in [0.15, 0.2) is 71.8 Å². The Bertz CT molecular complexity index is 643. The minimum atomic E-state index is 0.262. The maximum atomic E-state index is 2.39. The lowest BCUT2D eigenvalue weighted by atomic mass is 9.64. The van der Waals surface area contributed by atoms with Gasteiger partial charge in [-0.1, -0.05) is 91.1 Å². The van der Waals surface area contributed by atoms with Gasteiger partial charge < -0.3 is 0 Å². The van der Waals surface area contributed by atoms with Crippen molar-refractivity contribution in [3.8, 4) is 0 Å². The molecular weight excluding hydrogens is 276 g/mol. The van der Waals surface area contributed by atoms with Crippen LogP contribution in [0, 0.1) is 0 Å². The molecule has 0 N–H and O–H groups in total. The lowest BCUT2D eigenvalue weighted by Gasteiger charge is -2.40. The molecule has 0 radical (unpaired) electrons. The standard InChI is InChI=1S/C23H28/c1-19(18-21-12-6-3-7-13-21)20(2)23(16-10-5-11-17-23)22-14-8-4-9-15-22/h3-4,6-9,12-15H,5,10-11,16-18H2,1-2H3. The summed E-state index contributed by atoms with van der Waals surface area (Å²) < 4.78 is 0. The molecule has 0 unspecified atom stereocenters. The Morgan fingerprint density at radius 2 is 1.35 bits per heavy atom. The van der Waals surface area contributed by atoms with Crippen LogP contribution in [-0.2, 0) is 11.8 Å². The zero-order valence-electron chi connectivity index (χ0n) is 14.5. The molecule has 23 heavy (non-hydrogen) atoms. The van der Waals surface area contributed by atoms with E-state index in [0.29, 0.717) is 0 Å². The first kappa shape index (κ1) is 16.1. The summed E-state index contributed by atoms with van der Waals surface area (Å²) in [5.41, 5.74) is 6.35. The quantitative estimate of drug-likeness (QED) is 0.568. The molecule has 0 bridgehead atoms. The van der Waals surface area contributed by atoms with E-state index in [1.165, 1.54) is 43.2 Å². The summed E-state index contributed by atoms with van der Waals surface area (Å²) in [6.45, 7) is 4.72. The first-order chi connectivity index (χ1) is 11.2. The molecule has 0 amide bonds. The molecule has 0 atom stereocenters. The highest BCUT2D eigenvalue weighted by atomic mass is 14.4. The van der Waals surface area contributed by atoms with Gasteiger partial charge in [0, 0.05) is 5.41 Å². The molecule has 0 saturated heterocycles. The molecule has 1 saturated carbocycles. The highest BCUT2D eigenvalue weighted by Gasteiger charge is 2.36. The van der Waals surface area contributed by atoms with Gasteiger partial charge in [0.2, 0.25) is 0 Å². The van der Waals surface area contributed by atoms with E-state index in [9.17, 15) is 0 Å². The molecule has 3 rings (SSSR count). The average molecular weight is 304 g/mol. The van der Waals surface area contributed by atoms with E-state index in [4.69, 9.17) is 0 Å². The Kier molecular flexibility index (Phi) is 5.00. The number of rotatable bonds is 4. The summed E-state index contributed by atoms with van der Waals surface area (Å²) in [5.74, 6) is 0. The Balaban J connectivity index is 1.97. The van der Waals surface area contributed by atoms with Crippen molar-refractivity contribution in [3.63, 3.8) is 0 Å². The summed E-state index contributed by atoms with van der Waals surface area (Å²) in [4.78, 5) is 0. The highest BCUT2D eigenvalue weighted by Crippen LogP contribution is 2.46. The molecule has 0 heteroatoms. The Morgan fingerprint density at radius 1 is 0.783 bits per heavy atom. The summed E-state index contributed by atoms with van der Waals surface area (Å²) in [7, 11) is 0. The molecule has 0 aliphatic heterocycles. The van der Waals surface area contributed by atoms with Crippen molar-refractivity contribution in [2.45, 2.75) is 57.8 Å². The third kappa shape index (κ3) is 3.42. The third-order valence-corrected chi connectivity index (χ3v) is 5.70. The van der Waals surface area contributed by atoms with Crippen LogP contribution in [-0.4, -0.2) is 0 Å². The number of hydrogen-bond donors (Lipinski definition) is 0. The van der Waals surface area contributed by atoms with Gasteiger partial charge in [0.1, 0.15) is 0 Å². The lowest BCUT2D eigenvalue weighted by Crippen LogP contribution is -2.31. The predicted octanol–water partition coefficient (Wildman–Crippen LogP) is 6.47. The predicted molar refractivity (Wildman–Crippen MR) is 99.7 cm³/mol. The van der Waals surface area contributed by atoms with Gasteiger partial charge in [-0.05, 0) is 44.2 Å². The SMILES string of the molecule is CC(Cc1ccccc1)=C(C)C1(c2ccccc2)CCCCC1. The molecule has 1 fully saturated rings. The Labute approximate surface area is 141 Å². The van der Waals surface area contributed by atoms with Gasteiger partial charge >= 0.3 is 0 Å².